The zero-order chi connectivity index (χ0) is 18.1. The van der Waals surface area contributed by atoms with Crippen molar-refractivity contribution in [2.24, 2.45) is 7.05 Å². The Balaban J connectivity index is 1.73. The average molecular weight is 344 g/mol. The summed E-state index contributed by atoms with van der Waals surface area (Å²) in [5.41, 5.74) is 3.14. The van der Waals surface area contributed by atoms with Crippen LogP contribution in [0, 0.1) is 13.8 Å². The lowest BCUT2D eigenvalue weighted by molar-refractivity contribution is 0.182. The van der Waals surface area contributed by atoms with E-state index in [2.05, 4.69) is 17.3 Å². The van der Waals surface area contributed by atoms with Crippen molar-refractivity contribution in [1.82, 2.24) is 20.0 Å². The summed E-state index contributed by atoms with van der Waals surface area (Å²) in [7, 11) is 1.93. The SMILES string of the molecule is CCc1ccc([C@@H]2CCCN2C(=O)N[C@@H](C)c2c(C)nn(C)c2C)o1. The molecule has 0 saturated carbocycles. The highest BCUT2D eigenvalue weighted by Crippen LogP contribution is 2.33. The van der Waals surface area contributed by atoms with Crippen molar-refractivity contribution in [3.05, 3.63) is 40.6 Å². The predicted molar refractivity (Wildman–Crippen MR) is 96.4 cm³/mol. The summed E-state index contributed by atoms with van der Waals surface area (Å²) in [6.07, 6.45) is 2.82. The van der Waals surface area contributed by atoms with Gasteiger partial charge in [-0.3, -0.25) is 4.68 Å². The highest BCUT2D eigenvalue weighted by Gasteiger charge is 2.33. The number of carbonyl (C=O) groups excluding carboxylic acids is 1. The van der Waals surface area contributed by atoms with Gasteiger partial charge in [0.1, 0.15) is 11.5 Å². The first-order valence-electron chi connectivity index (χ1n) is 9.08. The molecule has 0 spiro atoms. The Morgan fingerprint density at radius 3 is 2.80 bits per heavy atom. The average Bonchev–Trinajstić information content (AvgIpc) is 3.27. The fourth-order valence-electron chi connectivity index (χ4n) is 3.83. The summed E-state index contributed by atoms with van der Waals surface area (Å²) in [6, 6.07) is 3.93. The molecule has 3 rings (SSSR count). The van der Waals surface area contributed by atoms with Crippen molar-refractivity contribution in [1.29, 1.82) is 0 Å². The van der Waals surface area contributed by atoms with Crippen LogP contribution in [-0.4, -0.2) is 27.3 Å². The van der Waals surface area contributed by atoms with E-state index in [1.807, 2.05) is 49.5 Å². The zero-order valence-electron chi connectivity index (χ0n) is 15.8. The molecule has 25 heavy (non-hydrogen) atoms. The maximum Gasteiger partial charge on any atom is 0.318 e. The second-order valence-electron chi connectivity index (χ2n) is 6.89. The third kappa shape index (κ3) is 3.30. The van der Waals surface area contributed by atoms with Gasteiger partial charge in [-0.2, -0.15) is 5.10 Å². The van der Waals surface area contributed by atoms with Gasteiger partial charge >= 0.3 is 6.03 Å². The Hall–Kier alpha value is -2.24. The zero-order valence-corrected chi connectivity index (χ0v) is 15.8. The van der Waals surface area contributed by atoms with Crippen LogP contribution in [-0.2, 0) is 13.5 Å². The van der Waals surface area contributed by atoms with Crippen molar-refractivity contribution in [3.8, 4) is 0 Å². The fraction of sp³-hybridized carbons (Fsp3) is 0.579. The number of furan rings is 1. The first kappa shape index (κ1) is 17.6. The number of hydrogen-bond acceptors (Lipinski definition) is 3. The van der Waals surface area contributed by atoms with Gasteiger partial charge in [-0.1, -0.05) is 6.92 Å². The van der Waals surface area contributed by atoms with Gasteiger partial charge in [-0.15, -0.1) is 0 Å². The Bertz CT molecular complexity index is 762. The standard InChI is InChI=1S/C19H28N4O2/c1-6-15-9-10-17(25-15)16-8-7-11-23(16)19(24)20-12(2)18-13(3)21-22(5)14(18)4/h9-10,12,16H,6-8,11H2,1-5H3,(H,20,24)/t12-,16-/m0/s1. The maximum absolute atomic E-state index is 12.9. The van der Waals surface area contributed by atoms with E-state index in [1.165, 1.54) is 0 Å². The van der Waals surface area contributed by atoms with Crippen molar-refractivity contribution in [3.63, 3.8) is 0 Å². The molecule has 2 amide bonds. The van der Waals surface area contributed by atoms with Gasteiger partial charge < -0.3 is 14.6 Å². The van der Waals surface area contributed by atoms with E-state index in [1.54, 1.807) is 0 Å². The summed E-state index contributed by atoms with van der Waals surface area (Å²) in [4.78, 5) is 14.8. The molecule has 6 heteroatoms. The Kier molecular flexibility index (Phi) is 4.88. The van der Waals surface area contributed by atoms with Crippen LogP contribution in [0.4, 0.5) is 4.79 Å². The van der Waals surface area contributed by atoms with Crippen LogP contribution in [0.25, 0.3) is 0 Å². The molecular formula is C19H28N4O2. The Morgan fingerprint density at radius 1 is 1.44 bits per heavy atom. The molecule has 0 aliphatic carbocycles. The molecule has 0 aromatic carbocycles. The third-order valence-corrected chi connectivity index (χ3v) is 5.21. The molecule has 0 radical (unpaired) electrons. The number of amides is 2. The summed E-state index contributed by atoms with van der Waals surface area (Å²) in [5.74, 6) is 1.86. The summed E-state index contributed by atoms with van der Waals surface area (Å²) >= 11 is 0. The van der Waals surface area contributed by atoms with Gasteiger partial charge in [0.25, 0.3) is 0 Å². The van der Waals surface area contributed by atoms with E-state index < -0.39 is 0 Å². The molecule has 1 fully saturated rings. The lowest BCUT2D eigenvalue weighted by atomic mass is 10.1. The quantitative estimate of drug-likeness (QED) is 0.917. The van der Waals surface area contributed by atoms with Crippen LogP contribution in [0.5, 0.6) is 0 Å². The molecule has 2 atom stereocenters. The highest BCUT2D eigenvalue weighted by atomic mass is 16.3. The van der Waals surface area contributed by atoms with Gasteiger partial charge in [0.15, 0.2) is 0 Å². The first-order valence-corrected chi connectivity index (χ1v) is 9.08. The van der Waals surface area contributed by atoms with Crippen LogP contribution in [0.1, 0.15) is 67.2 Å². The molecule has 2 aromatic rings. The van der Waals surface area contributed by atoms with Crippen LogP contribution >= 0.6 is 0 Å². The normalized spacial score (nSPS) is 18.6. The molecule has 136 valence electrons. The van der Waals surface area contributed by atoms with Crippen molar-refractivity contribution in [2.45, 2.75) is 59.0 Å². The summed E-state index contributed by atoms with van der Waals surface area (Å²) in [5, 5.41) is 7.59. The first-order chi connectivity index (χ1) is 11.9. The van der Waals surface area contributed by atoms with E-state index in [0.717, 1.165) is 54.3 Å². The lowest BCUT2D eigenvalue weighted by Gasteiger charge is -2.26. The minimum Gasteiger partial charge on any atom is -0.464 e. The molecule has 3 heterocycles. The van der Waals surface area contributed by atoms with Gasteiger partial charge in [0, 0.05) is 31.3 Å². The lowest BCUT2D eigenvalue weighted by Crippen LogP contribution is -2.40. The largest absolute Gasteiger partial charge is 0.464 e. The molecule has 0 unspecified atom stereocenters. The maximum atomic E-state index is 12.9. The number of nitrogens with one attached hydrogen (secondary N) is 1. The van der Waals surface area contributed by atoms with Crippen LogP contribution in [0.15, 0.2) is 16.5 Å². The summed E-state index contributed by atoms with van der Waals surface area (Å²) in [6.45, 7) is 8.87. The monoisotopic (exact) mass is 344 g/mol. The smallest absolute Gasteiger partial charge is 0.318 e. The molecule has 0 bridgehead atoms. The molecule has 1 saturated heterocycles. The highest BCUT2D eigenvalue weighted by molar-refractivity contribution is 5.75. The van der Waals surface area contributed by atoms with Gasteiger partial charge in [0.05, 0.1) is 17.8 Å². The number of carbonyl (C=O) groups is 1. The minimum absolute atomic E-state index is 0.0311. The van der Waals surface area contributed by atoms with Crippen molar-refractivity contribution < 1.29 is 9.21 Å². The second kappa shape index (κ2) is 6.94. The minimum atomic E-state index is -0.0785. The van der Waals surface area contributed by atoms with Crippen molar-refractivity contribution >= 4 is 6.03 Å². The molecule has 2 aromatic heterocycles. The van der Waals surface area contributed by atoms with Crippen LogP contribution in [0.2, 0.25) is 0 Å². The van der Waals surface area contributed by atoms with Gasteiger partial charge in [-0.25, -0.2) is 4.79 Å². The molecular weight excluding hydrogens is 316 g/mol. The number of aryl methyl sites for hydroxylation is 3. The number of rotatable bonds is 4. The second-order valence-corrected chi connectivity index (χ2v) is 6.89. The number of aromatic nitrogens is 2. The molecule has 1 aliphatic heterocycles. The van der Waals surface area contributed by atoms with Gasteiger partial charge in [-0.05, 0) is 45.7 Å². The van der Waals surface area contributed by atoms with Gasteiger partial charge in [0.2, 0.25) is 0 Å². The molecule has 6 nitrogen and oxygen atoms in total. The summed E-state index contributed by atoms with van der Waals surface area (Å²) < 4.78 is 7.76. The van der Waals surface area contributed by atoms with Crippen LogP contribution < -0.4 is 5.32 Å². The van der Waals surface area contributed by atoms with E-state index in [0.29, 0.717) is 0 Å². The number of nitrogens with zero attached hydrogens (tertiary/aromatic N) is 3. The van der Waals surface area contributed by atoms with Crippen molar-refractivity contribution in [2.75, 3.05) is 6.54 Å². The number of hydrogen-bond donors (Lipinski definition) is 1. The van der Waals surface area contributed by atoms with Crippen LogP contribution in [0.3, 0.4) is 0 Å². The fourth-order valence-corrected chi connectivity index (χ4v) is 3.83. The third-order valence-electron chi connectivity index (χ3n) is 5.21. The molecule has 1 N–H and O–H groups in total. The topological polar surface area (TPSA) is 63.3 Å². The van der Waals surface area contributed by atoms with E-state index >= 15 is 0 Å². The Morgan fingerprint density at radius 2 is 2.20 bits per heavy atom. The predicted octanol–water partition coefficient (Wildman–Crippen LogP) is 3.80. The number of urea groups is 1. The molecule has 1 aliphatic rings. The van der Waals surface area contributed by atoms with E-state index in [4.69, 9.17) is 4.42 Å². The Labute approximate surface area is 149 Å². The van der Waals surface area contributed by atoms with E-state index in [-0.39, 0.29) is 18.1 Å². The number of likely N-dealkylation sites (tertiary alicyclic amines) is 1. The van der Waals surface area contributed by atoms with E-state index in [9.17, 15) is 4.79 Å².